The molecule has 142 valence electrons. The molecule has 0 amide bonds. The third kappa shape index (κ3) is 4.16. The van der Waals surface area contributed by atoms with Gasteiger partial charge in [-0.1, -0.05) is 25.1 Å². The minimum absolute atomic E-state index is 0.343. The van der Waals surface area contributed by atoms with Gasteiger partial charge in [0.05, 0.1) is 19.9 Å². The molecule has 2 aromatic carbocycles. The van der Waals surface area contributed by atoms with E-state index in [1.54, 1.807) is 14.2 Å². The summed E-state index contributed by atoms with van der Waals surface area (Å²) in [4.78, 5) is 7.84. The van der Waals surface area contributed by atoms with E-state index in [0.29, 0.717) is 18.3 Å². The zero-order valence-electron chi connectivity index (χ0n) is 16.0. The first kappa shape index (κ1) is 18.6. The molecule has 4 N–H and O–H groups in total. The number of ether oxygens (including phenoxy) is 2. The molecule has 0 bridgehead atoms. The topological polar surface area (TPSA) is 84.7 Å². The number of para-hydroxylation sites is 1. The maximum atomic E-state index is 6.05. The quantitative estimate of drug-likeness (QED) is 0.439. The average molecular weight is 366 g/mol. The minimum atomic E-state index is 0.343. The molecule has 6 nitrogen and oxygen atoms in total. The van der Waals surface area contributed by atoms with Crippen molar-refractivity contribution in [3.05, 3.63) is 53.7 Å². The molecule has 3 rings (SSSR count). The molecule has 3 aromatic rings. The highest BCUT2D eigenvalue weighted by atomic mass is 16.5. The lowest BCUT2D eigenvalue weighted by molar-refractivity contribution is 0.405. The van der Waals surface area contributed by atoms with Crippen LogP contribution < -0.4 is 20.5 Å². The van der Waals surface area contributed by atoms with E-state index in [4.69, 9.17) is 15.2 Å². The first-order valence-electron chi connectivity index (χ1n) is 9.03. The van der Waals surface area contributed by atoms with Crippen LogP contribution >= 0.6 is 0 Å². The van der Waals surface area contributed by atoms with Crippen LogP contribution in [-0.4, -0.2) is 31.7 Å². The Morgan fingerprint density at radius 2 is 2.00 bits per heavy atom. The number of aromatic nitrogens is 1. The molecule has 0 fully saturated rings. The number of fused-ring (bicyclic) bond motifs is 1. The Balaban J connectivity index is 1.68. The fraction of sp³-hybridized carbons (Fsp3) is 0.286. The number of H-pyrrole nitrogens is 1. The molecular formula is C21H26N4O2. The highest BCUT2D eigenvalue weighted by molar-refractivity contribution is 5.94. The van der Waals surface area contributed by atoms with Gasteiger partial charge in [-0.15, -0.1) is 0 Å². The summed E-state index contributed by atoms with van der Waals surface area (Å²) >= 11 is 0. The lowest BCUT2D eigenvalue weighted by Crippen LogP contribution is -2.23. The standard InChI is InChI=1S/C21H26N4O2/c1-4-14-6-5-7-17-15(13-24-20(14)17)10-11-23-21(22)25-18-12-16(26-2)8-9-19(18)27-3/h5-9,12-13,24H,4,10-11H2,1-3H3,(H3,22,23,25). The van der Waals surface area contributed by atoms with E-state index >= 15 is 0 Å². The van der Waals surface area contributed by atoms with Gasteiger partial charge in [0.15, 0.2) is 5.96 Å². The fourth-order valence-corrected chi connectivity index (χ4v) is 3.16. The Kier molecular flexibility index (Phi) is 5.86. The maximum absolute atomic E-state index is 6.05. The van der Waals surface area contributed by atoms with E-state index in [1.165, 1.54) is 22.0 Å². The van der Waals surface area contributed by atoms with Crippen molar-refractivity contribution < 1.29 is 9.47 Å². The van der Waals surface area contributed by atoms with Gasteiger partial charge in [-0.3, -0.25) is 4.99 Å². The van der Waals surface area contributed by atoms with Crippen molar-refractivity contribution in [2.45, 2.75) is 19.8 Å². The minimum Gasteiger partial charge on any atom is -0.497 e. The molecule has 0 atom stereocenters. The van der Waals surface area contributed by atoms with Crippen LogP contribution in [0.25, 0.3) is 10.9 Å². The van der Waals surface area contributed by atoms with Crippen LogP contribution in [0.1, 0.15) is 18.1 Å². The Hall–Kier alpha value is -3.15. The van der Waals surface area contributed by atoms with Gasteiger partial charge < -0.3 is 25.5 Å². The largest absolute Gasteiger partial charge is 0.497 e. The summed E-state index contributed by atoms with van der Waals surface area (Å²) in [6, 6.07) is 11.9. The highest BCUT2D eigenvalue weighted by Crippen LogP contribution is 2.28. The molecule has 0 saturated carbocycles. The van der Waals surface area contributed by atoms with Gasteiger partial charge in [0.1, 0.15) is 11.5 Å². The first-order chi connectivity index (χ1) is 13.2. The van der Waals surface area contributed by atoms with Crippen molar-refractivity contribution in [1.82, 2.24) is 4.98 Å². The lowest BCUT2D eigenvalue weighted by atomic mass is 10.1. The van der Waals surface area contributed by atoms with Gasteiger partial charge in [0.2, 0.25) is 0 Å². The van der Waals surface area contributed by atoms with Crippen LogP contribution in [0, 0.1) is 0 Å². The Morgan fingerprint density at radius 3 is 2.74 bits per heavy atom. The molecule has 1 heterocycles. The van der Waals surface area contributed by atoms with E-state index in [9.17, 15) is 0 Å². The van der Waals surface area contributed by atoms with E-state index in [0.717, 1.165) is 24.3 Å². The van der Waals surface area contributed by atoms with Crippen molar-refractivity contribution in [3.8, 4) is 11.5 Å². The van der Waals surface area contributed by atoms with Crippen molar-refractivity contribution in [3.63, 3.8) is 0 Å². The summed E-state index contributed by atoms with van der Waals surface area (Å²) in [6.07, 6.45) is 3.88. The van der Waals surface area contributed by atoms with Crippen molar-refractivity contribution in [2.24, 2.45) is 10.7 Å². The zero-order valence-corrected chi connectivity index (χ0v) is 16.0. The van der Waals surface area contributed by atoms with Gasteiger partial charge in [0.25, 0.3) is 0 Å². The number of aliphatic imine (C=N–C) groups is 1. The van der Waals surface area contributed by atoms with E-state index in [-0.39, 0.29) is 0 Å². The summed E-state index contributed by atoms with van der Waals surface area (Å²) in [6.45, 7) is 2.76. The second kappa shape index (κ2) is 8.49. The normalized spacial score (nSPS) is 11.6. The predicted octanol–water partition coefficient (Wildman–Crippen LogP) is 3.72. The monoisotopic (exact) mass is 366 g/mol. The van der Waals surface area contributed by atoms with Crippen LogP contribution in [0.5, 0.6) is 11.5 Å². The van der Waals surface area contributed by atoms with Crippen LogP contribution in [-0.2, 0) is 12.8 Å². The van der Waals surface area contributed by atoms with Gasteiger partial charge in [-0.25, -0.2) is 0 Å². The summed E-state index contributed by atoms with van der Waals surface area (Å²) in [5.41, 5.74) is 10.6. The van der Waals surface area contributed by atoms with Crippen molar-refractivity contribution >= 4 is 22.5 Å². The van der Waals surface area contributed by atoms with Gasteiger partial charge in [-0.2, -0.15) is 0 Å². The molecule has 0 saturated heterocycles. The molecule has 0 radical (unpaired) electrons. The number of nitrogens with zero attached hydrogens (tertiary/aromatic N) is 1. The number of methoxy groups -OCH3 is 2. The first-order valence-corrected chi connectivity index (χ1v) is 9.03. The molecule has 0 aliphatic rings. The Bertz CT molecular complexity index is 947. The van der Waals surface area contributed by atoms with Crippen LogP contribution in [0.3, 0.4) is 0 Å². The second-order valence-electron chi connectivity index (χ2n) is 6.22. The molecule has 27 heavy (non-hydrogen) atoms. The van der Waals surface area contributed by atoms with Crippen LogP contribution in [0.2, 0.25) is 0 Å². The number of hydrogen-bond acceptors (Lipinski definition) is 3. The number of nitrogens with one attached hydrogen (secondary N) is 2. The Labute approximate surface area is 159 Å². The van der Waals surface area contributed by atoms with Crippen LogP contribution in [0.15, 0.2) is 47.6 Å². The highest BCUT2D eigenvalue weighted by Gasteiger charge is 2.08. The van der Waals surface area contributed by atoms with Crippen molar-refractivity contribution in [1.29, 1.82) is 0 Å². The number of benzene rings is 2. The number of rotatable bonds is 7. The molecular weight excluding hydrogens is 340 g/mol. The third-order valence-electron chi connectivity index (χ3n) is 4.60. The lowest BCUT2D eigenvalue weighted by Gasteiger charge is -2.12. The van der Waals surface area contributed by atoms with E-state index in [1.807, 2.05) is 18.2 Å². The summed E-state index contributed by atoms with van der Waals surface area (Å²) < 4.78 is 10.6. The summed E-state index contributed by atoms with van der Waals surface area (Å²) in [5, 5.41) is 4.34. The average Bonchev–Trinajstić information content (AvgIpc) is 3.11. The van der Waals surface area contributed by atoms with Crippen molar-refractivity contribution in [2.75, 3.05) is 26.1 Å². The molecule has 6 heteroatoms. The number of nitrogens with two attached hydrogens (primary N) is 1. The van der Waals surface area contributed by atoms with E-state index < -0.39 is 0 Å². The summed E-state index contributed by atoms with van der Waals surface area (Å²) in [5.74, 6) is 1.74. The fourth-order valence-electron chi connectivity index (χ4n) is 3.16. The maximum Gasteiger partial charge on any atom is 0.193 e. The van der Waals surface area contributed by atoms with E-state index in [2.05, 4.69) is 46.6 Å². The molecule has 0 aliphatic carbocycles. The number of guanidine groups is 1. The Morgan fingerprint density at radius 1 is 1.15 bits per heavy atom. The van der Waals surface area contributed by atoms with Gasteiger partial charge in [0, 0.05) is 29.7 Å². The number of hydrogen-bond donors (Lipinski definition) is 3. The predicted molar refractivity (Wildman–Crippen MR) is 111 cm³/mol. The SMILES string of the molecule is CCc1cccc2c(CCN=C(N)Nc3cc(OC)ccc3OC)c[nH]c12. The zero-order chi connectivity index (χ0) is 19.2. The molecule has 1 aromatic heterocycles. The molecule has 0 spiro atoms. The van der Waals surface area contributed by atoms with Crippen LogP contribution in [0.4, 0.5) is 5.69 Å². The number of anilines is 1. The third-order valence-corrected chi connectivity index (χ3v) is 4.60. The number of aryl methyl sites for hydroxylation is 1. The molecule has 0 unspecified atom stereocenters. The number of aromatic amines is 1. The summed E-state index contributed by atoms with van der Waals surface area (Å²) in [7, 11) is 3.23. The molecule has 0 aliphatic heterocycles. The smallest absolute Gasteiger partial charge is 0.193 e. The van der Waals surface area contributed by atoms with Gasteiger partial charge in [-0.05, 0) is 36.1 Å². The second-order valence-corrected chi connectivity index (χ2v) is 6.22. The van der Waals surface area contributed by atoms with Gasteiger partial charge >= 0.3 is 0 Å².